The summed E-state index contributed by atoms with van der Waals surface area (Å²) >= 11 is 1.91. The third-order valence-corrected chi connectivity index (χ3v) is 3.59. The second-order valence-corrected chi connectivity index (χ2v) is 6.45. The number of hydrogen-bond donors (Lipinski definition) is 2. The molecule has 1 fully saturated rings. The highest BCUT2D eigenvalue weighted by molar-refractivity contribution is 7.99. The van der Waals surface area contributed by atoms with Gasteiger partial charge in [-0.2, -0.15) is 11.8 Å². The molecule has 0 aromatic carbocycles. The third-order valence-electron chi connectivity index (χ3n) is 2.61. The molecule has 1 aliphatic rings. The quantitative estimate of drug-likeness (QED) is 0.779. The van der Waals surface area contributed by atoms with Crippen LogP contribution in [0.4, 0.5) is 4.79 Å². The molecule has 1 saturated heterocycles. The number of amides is 1. The monoisotopic (exact) mass is 246 g/mol. The molecular formula is C11H22N2O2S. The Balaban J connectivity index is 2.52. The molecule has 0 bridgehead atoms. The topological polar surface area (TPSA) is 64.3 Å². The van der Waals surface area contributed by atoms with Gasteiger partial charge in [-0.15, -0.1) is 0 Å². The summed E-state index contributed by atoms with van der Waals surface area (Å²) in [6.07, 6.45) is 1.49. The predicted molar refractivity (Wildman–Crippen MR) is 67.7 cm³/mol. The summed E-state index contributed by atoms with van der Waals surface area (Å²) < 4.78 is 5.25. The van der Waals surface area contributed by atoms with Crippen molar-refractivity contribution in [2.24, 2.45) is 5.73 Å². The lowest BCUT2D eigenvalue weighted by Gasteiger charge is -2.37. The summed E-state index contributed by atoms with van der Waals surface area (Å²) in [5.74, 6) is 2.10. The van der Waals surface area contributed by atoms with Gasteiger partial charge in [0.1, 0.15) is 5.60 Å². The molecule has 1 aliphatic heterocycles. The van der Waals surface area contributed by atoms with Crippen LogP contribution in [0.1, 0.15) is 33.6 Å². The maximum absolute atomic E-state index is 11.7. The minimum Gasteiger partial charge on any atom is -0.444 e. The molecule has 3 N–H and O–H groups in total. The Bertz CT molecular complexity index is 245. The fraction of sp³-hybridized carbons (Fsp3) is 0.909. The highest BCUT2D eigenvalue weighted by Gasteiger charge is 2.33. The SMILES string of the molecule is CC(C)(C)OC(=O)NC1(CN)CCSCC1. The minimum absolute atomic E-state index is 0.256. The van der Waals surface area contributed by atoms with E-state index in [1.165, 1.54) is 0 Å². The van der Waals surface area contributed by atoms with Crippen molar-refractivity contribution in [3.8, 4) is 0 Å². The Morgan fingerprint density at radius 2 is 2.00 bits per heavy atom. The molecule has 1 heterocycles. The van der Waals surface area contributed by atoms with Crippen molar-refractivity contribution in [1.29, 1.82) is 0 Å². The number of thioether (sulfide) groups is 1. The van der Waals surface area contributed by atoms with Gasteiger partial charge in [0.2, 0.25) is 0 Å². The Morgan fingerprint density at radius 1 is 1.44 bits per heavy atom. The average Bonchev–Trinajstić information content (AvgIpc) is 2.16. The van der Waals surface area contributed by atoms with Crippen molar-refractivity contribution in [3.63, 3.8) is 0 Å². The van der Waals surface area contributed by atoms with Crippen molar-refractivity contribution in [2.45, 2.75) is 44.8 Å². The molecule has 0 atom stereocenters. The van der Waals surface area contributed by atoms with Gasteiger partial charge < -0.3 is 15.8 Å². The van der Waals surface area contributed by atoms with Crippen LogP contribution in [0.25, 0.3) is 0 Å². The summed E-state index contributed by atoms with van der Waals surface area (Å²) in [6, 6.07) is 0. The molecule has 0 aromatic rings. The summed E-state index contributed by atoms with van der Waals surface area (Å²) in [4.78, 5) is 11.7. The highest BCUT2D eigenvalue weighted by Crippen LogP contribution is 2.26. The summed E-state index contributed by atoms with van der Waals surface area (Å²) in [5.41, 5.74) is 5.06. The fourth-order valence-corrected chi connectivity index (χ4v) is 2.94. The van der Waals surface area contributed by atoms with E-state index in [4.69, 9.17) is 10.5 Å². The normalized spacial score (nSPS) is 20.2. The van der Waals surface area contributed by atoms with Crippen LogP contribution >= 0.6 is 11.8 Å². The van der Waals surface area contributed by atoms with Gasteiger partial charge in [0, 0.05) is 6.54 Å². The van der Waals surface area contributed by atoms with Gasteiger partial charge in [-0.3, -0.25) is 0 Å². The molecule has 0 saturated carbocycles. The van der Waals surface area contributed by atoms with E-state index >= 15 is 0 Å². The lowest BCUT2D eigenvalue weighted by Crippen LogP contribution is -2.56. The molecule has 0 aliphatic carbocycles. The van der Waals surface area contributed by atoms with Gasteiger partial charge in [-0.1, -0.05) is 0 Å². The largest absolute Gasteiger partial charge is 0.444 e. The second-order valence-electron chi connectivity index (χ2n) is 5.22. The lowest BCUT2D eigenvalue weighted by molar-refractivity contribution is 0.0451. The average molecular weight is 246 g/mol. The van der Waals surface area contributed by atoms with Gasteiger partial charge in [-0.25, -0.2) is 4.79 Å². The van der Waals surface area contributed by atoms with Crippen LogP contribution < -0.4 is 11.1 Å². The number of carbonyl (C=O) groups excluding carboxylic acids is 1. The van der Waals surface area contributed by atoms with E-state index < -0.39 is 5.60 Å². The first-order chi connectivity index (χ1) is 7.37. The van der Waals surface area contributed by atoms with E-state index in [2.05, 4.69) is 5.32 Å². The minimum atomic E-state index is -0.455. The Kier molecular flexibility index (Phi) is 4.50. The summed E-state index contributed by atoms with van der Waals surface area (Å²) in [6.45, 7) is 6.06. The van der Waals surface area contributed by atoms with E-state index in [-0.39, 0.29) is 11.6 Å². The molecule has 16 heavy (non-hydrogen) atoms. The van der Waals surface area contributed by atoms with Crippen molar-refractivity contribution in [2.75, 3.05) is 18.1 Å². The molecule has 0 spiro atoms. The van der Waals surface area contributed by atoms with E-state index in [0.717, 1.165) is 24.3 Å². The highest BCUT2D eigenvalue weighted by atomic mass is 32.2. The molecule has 0 radical (unpaired) electrons. The van der Waals surface area contributed by atoms with Crippen LogP contribution in [0.5, 0.6) is 0 Å². The Morgan fingerprint density at radius 3 is 2.44 bits per heavy atom. The van der Waals surface area contributed by atoms with E-state index in [1.807, 2.05) is 32.5 Å². The molecule has 0 aromatic heterocycles. The summed E-state index contributed by atoms with van der Waals surface area (Å²) in [5, 5.41) is 2.94. The number of rotatable bonds is 2. The molecule has 94 valence electrons. The number of hydrogen-bond acceptors (Lipinski definition) is 4. The zero-order valence-corrected chi connectivity index (χ0v) is 11.2. The van der Waals surface area contributed by atoms with Crippen LogP contribution in [0, 0.1) is 0 Å². The number of carbonyl (C=O) groups is 1. The maximum Gasteiger partial charge on any atom is 0.408 e. The van der Waals surface area contributed by atoms with Gasteiger partial charge in [0.05, 0.1) is 5.54 Å². The molecule has 0 unspecified atom stereocenters. The molecular weight excluding hydrogens is 224 g/mol. The van der Waals surface area contributed by atoms with E-state index in [1.54, 1.807) is 0 Å². The third kappa shape index (κ3) is 4.22. The summed E-state index contributed by atoms with van der Waals surface area (Å²) in [7, 11) is 0. The number of ether oxygens (including phenoxy) is 1. The first kappa shape index (κ1) is 13.6. The fourth-order valence-electron chi connectivity index (χ4n) is 1.66. The maximum atomic E-state index is 11.7. The van der Waals surface area contributed by atoms with E-state index in [9.17, 15) is 4.79 Å². The van der Waals surface area contributed by atoms with Crippen LogP contribution in [0.15, 0.2) is 0 Å². The van der Waals surface area contributed by atoms with Crippen molar-refractivity contribution < 1.29 is 9.53 Å². The van der Waals surface area contributed by atoms with Crippen LogP contribution in [-0.2, 0) is 4.74 Å². The predicted octanol–water partition coefficient (Wildman–Crippen LogP) is 1.74. The van der Waals surface area contributed by atoms with Crippen LogP contribution in [0.3, 0.4) is 0 Å². The van der Waals surface area contributed by atoms with Crippen molar-refractivity contribution in [3.05, 3.63) is 0 Å². The first-order valence-corrected chi connectivity index (χ1v) is 6.81. The van der Waals surface area contributed by atoms with Crippen LogP contribution in [-0.4, -0.2) is 35.3 Å². The zero-order chi connectivity index (χ0) is 12.2. The molecule has 1 amide bonds. The van der Waals surface area contributed by atoms with Gasteiger partial charge in [-0.05, 0) is 45.1 Å². The zero-order valence-electron chi connectivity index (χ0n) is 10.3. The number of alkyl carbamates (subject to hydrolysis) is 1. The van der Waals surface area contributed by atoms with Crippen LogP contribution in [0.2, 0.25) is 0 Å². The lowest BCUT2D eigenvalue weighted by atomic mass is 9.92. The number of nitrogens with one attached hydrogen (secondary N) is 1. The molecule has 1 rings (SSSR count). The Labute approximate surface area is 102 Å². The van der Waals surface area contributed by atoms with Gasteiger partial charge in [0.15, 0.2) is 0 Å². The standard InChI is InChI=1S/C11H22N2O2S/c1-10(2,3)15-9(14)13-11(8-12)4-6-16-7-5-11/h4-8,12H2,1-3H3,(H,13,14). The number of nitrogens with two attached hydrogens (primary N) is 1. The second kappa shape index (κ2) is 5.27. The molecule has 5 heteroatoms. The van der Waals surface area contributed by atoms with E-state index in [0.29, 0.717) is 6.54 Å². The van der Waals surface area contributed by atoms with Gasteiger partial charge >= 0.3 is 6.09 Å². The van der Waals surface area contributed by atoms with Crippen molar-refractivity contribution >= 4 is 17.9 Å². The van der Waals surface area contributed by atoms with Gasteiger partial charge in [0.25, 0.3) is 0 Å². The smallest absolute Gasteiger partial charge is 0.408 e. The Hall–Kier alpha value is -0.420. The first-order valence-electron chi connectivity index (χ1n) is 5.66. The van der Waals surface area contributed by atoms with Crippen molar-refractivity contribution in [1.82, 2.24) is 5.32 Å². The molecule has 4 nitrogen and oxygen atoms in total.